The summed E-state index contributed by atoms with van der Waals surface area (Å²) in [5.74, 6) is 5.25. The summed E-state index contributed by atoms with van der Waals surface area (Å²) in [4.78, 5) is 14.4. The number of likely N-dealkylation sites (N-methyl/N-ethyl adjacent to an activating group) is 1. The number of sulfone groups is 1. The first kappa shape index (κ1) is 20.8. The van der Waals surface area contributed by atoms with Gasteiger partial charge in [0.25, 0.3) is 5.91 Å². The molecule has 1 fully saturated rings. The standard InChI is InChI=1S/C23H21N3O4S/c1-25(21-15-31(29,30)16-22(21)27)23(28)19-10-11-20(26-13-5-12-24-26)18(14-19)9-8-17-6-3-2-4-7-17/h2-7,10-14,21-22,27H,15-16H2,1H3. The van der Waals surface area contributed by atoms with Crippen LogP contribution in [0, 0.1) is 11.8 Å². The van der Waals surface area contributed by atoms with Gasteiger partial charge in [-0.15, -0.1) is 0 Å². The largest absolute Gasteiger partial charge is 0.390 e. The van der Waals surface area contributed by atoms with Gasteiger partial charge >= 0.3 is 0 Å². The zero-order chi connectivity index (χ0) is 22.0. The fourth-order valence-electron chi connectivity index (χ4n) is 3.58. The molecule has 0 bridgehead atoms. The van der Waals surface area contributed by atoms with Crippen LogP contribution in [-0.2, 0) is 9.84 Å². The van der Waals surface area contributed by atoms with Crippen LogP contribution in [0.5, 0.6) is 0 Å². The Kier molecular flexibility index (Phi) is 5.63. The second-order valence-corrected chi connectivity index (χ2v) is 9.58. The lowest BCUT2D eigenvalue weighted by Gasteiger charge is -2.26. The molecule has 0 saturated carbocycles. The van der Waals surface area contributed by atoms with Gasteiger partial charge in [-0.3, -0.25) is 4.79 Å². The first-order valence-corrected chi connectivity index (χ1v) is 11.5. The Morgan fingerprint density at radius 2 is 1.90 bits per heavy atom. The number of carbonyl (C=O) groups excluding carboxylic acids is 1. The van der Waals surface area contributed by atoms with E-state index in [1.807, 2.05) is 30.3 Å². The number of nitrogens with zero attached hydrogens (tertiary/aromatic N) is 3. The Bertz CT molecular complexity index is 1260. The molecule has 2 atom stereocenters. The van der Waals surface area contributed by atoms with Crippen LogP contribution in [0.25, 0.3) is 5.69 Å². The lowest BCUT2D eigenvalue weighted by Crippen LogP contribution is -2.44. The van der Waals surface area contributed by atoms with Gasteiger partial charge in [0.15, 0.2) is 9.84 Å². The van der Waals surface area contributed by atoms with E-state index in [9.17, 15) is 18.3 Å². The second kappa shape index (κ2) is 8.38. The van der Waals surface area contributed by atoms with E-state index in [2.05, 4.69) is 16.9 Å². The zero-order valence-corrected chi connectivity index (χ0v) is 17.7. The van der Waals surface area contributed by atoms with Gasteiger partial charge in [-0.1, -0.05) is 30.0 Å². The molecular weight excluding hydrogens is 414 g/mol. The maximum absolute atomic E-state index is 13.1. The maximum Gasteiger partial charge on any atom is 0.254 e. The number of hydrogen-bond acceptors (Lipinski definition) is 5. The minimum absolute atomic E-state index is 0.248. The molecule has 7 nitrogen and oxygen atoms in total. The number of benzene rings is 2. The predicted octanol–water partition coefficient (Wildman–Crippen LogP) is 1.50. The Morgan fingerprint density at radius 1 is 1.13 bits per heavy atom. The summed E-state index contributed by atoms with van der Waals surface area (Å²) in [6.07, 6.45) is 2.35. The number of amides is 1. The number of aromatic nitrogens is 2. The molecule has 0 spiro atoms. The Hall–Kier alpha value is -3.41. The van der Waals surface area contributed by atoms with Gasteiger partial charge in [-0.05, 0) is 36.4 Å². The third-order valence-electron chi connectivity index (χ3n) is 5.22. The van der Waals surface area contributed by atoms with Gasteiger partial charge < -0.3 is 10.0 Å². The SMILES string of the molecule is CN(C(=O)c1ccc(-n2cccn2)c(C#Cc2ccccc2)c1)C1CS(=O)(=O)CC1O. The molecule has 3 aromatic rings. The molecule has 0 radical (unpaired) electrons. The Balaban J connectivity index is 1.69. The van der Waals surface area contributed by atoms with E-state index in [4.69, 9.17) is 0 Å². The van der Waals surface area contributed by atoms with Crippen LogP contribution in [0.1, 0.15) is 21.5 Å². The van der Waals surface area contributed by atoms with E-state index in [-0.39, 0.29) is 17.4 Å². The van der Waals surface area contributed by atoms with Crippen molar-refractivity contribution >= 4 is 15.7 Å². The number of hydrogen-bond donors (Lipinski definition) is 1. The van der Waals surface area contributed by atoms with Gasteiger partial charge in [0.05, 0.1) is 34.9 Å². The van der Waals surface area contributed by atoms with Crippen LogP contribution in [0.3, 0.4) is 0 Å². The summed E-state index contributed by atoms with van der Waals surface area (Å²) in [5.41, 5.74) is 2.51. The van der Waals surface area contributed by atoms with Gasteiger partial charge in [0.2, 0.25) is 0 Å². The number of rotatable bonds is 3. The van der Waals surface area contributed by atoms with Crippen LogP contribution in [0.15, 0.2) is 67.0 Å². The number of aliphatic hydroxyl groups is 1. The summed E-state index contributed by atoms with van der Waals surface area (Å²) in [6.45, 7) is 0. The molecule has 1 saturated heterocycles. The lowest BCUT2D eigenvalue weighted by atomic mass is 10.1. The smallest absolute Gasteiger partial charge is 0.254 e. The monoisotopic (exact) mass is 435 g/mol. The van der Waals surface area contributed by atoms with Crippen molar-refractivity contribution in [2.75, 3.05) is 18.6 Å². The molecule has 1 amide bonds. The van der Waals surface area contributed by atoms with Gasteiger partial charge in [0.1, 0.15) is 0 Å². The zero-order valence-electron chi connectivity index (χ0n) is 16.8. The highest BCUT2D eigenvalue weighted by Crippen LogP contribution is 2.21. The van der Waals surface area contributed by atoms with E-state index in [0.29, 0.717) is 11.1 Å². The van der Waals surface area contributed by atoms with E-state index in [0.717, 1.165) is 11.3 Å². The molecule has 2 unspecified atom stereocenters. The van der Waals surface area contributed by atoms with Crippen molar-refractivity contribution in [2.24, 2.45) is 0 Å². The summed E-state index contributed by atoms with van der Waals surface area (Å²) < 4.78 is 25.3. The topological polar surface area (TPSA) is 92.5 Å². The van der Waals surface area contributed by atoms with Crippen molar-refractivity contribution in [3.63, 3.8) is 0 Å². The van der Waals surface area contributed by atoms with Crippen LogP contribution in [0.4, 0.5) is 0 Å². The highest BCUT2D eigenvalue weighted by Gasteiger charge is 2.40. The molecule has 1 N–H and O–H groups in total. The Morgan fingerprint density at radius 3 is 2.55 bits per heavy atom. The van der Waals surface area contributed by atoms with Crippen molar-refractivity contribution in [1.82, 2.24) is 14.7 Å². The highest BCUT2D eigenvalue weighted by molar-refractivity contribution is 7.91. The molecule has 158 valence electrons. The van der Waals surface area contributed by atoms with Gasteiger partial charge in [0, 0.05) is 30.6 Å². The van der Waals surface area contributed by atoms with Crippen molar-refractivity contribution in [2.45, 2.75) is 12.1 Å². The van der Waals surface area contributed by atoms with Crippen molar-refractivity contribution in [1.29, 1.82) is 0 Å². The highest BCUT2D eigenvalue weighted by atomic mass is 32.2. The van der Waals surface area contributed by atoms with Gasteiger partial charge in [-0.25, -0.2) is 13.1 Å². The van der Waals surface area contributed by atoms with Gasteiger partial charge in [-0.2, -0.15) is 5.10 Å². The molecule has 1 aromatic heterocycles. The molecule has 0 aliphatic carbocycles. The van der Waals surface area contributed by atoms with E-state index < -0.39 is 22.0 Å². The Labute approximate surface area is 180 Å². The minimum Gasteiger partial charge on any atom is -0.390 e. The van der Waals surface area contributed by atoms with Crippen LogP contribution >= 0.6 is 0 Å². The predicted molar refractivity (Wildman–Crippen MR) is 117 cm³/mol. The third-order valence-corrected chi connectivity index (χ3v) is 6.92. The molecule has 2 aromatic carbocycles. The van der Waals surface area contributed by atoms with E-state index >= 15 is 0 Å². The third kappa shape index (κ3) is 4.53. The summed E-state index contributed by atoms with van der Waals surface area (Å²) in [5, 5.41) is 14.4. The average molecular weight is 436 g/mol. The minimum atomic E-state index is -3.37. The molecule has 31 heavy (non-hydrogen) atoms. The summed E-state index contributed by atoms with van der Waals surface area (Å²) in [7, 11) is -1.86. The number of carbonyl (C=O) groups is 1. The van der Waals surface area contributed by atoms with E-state index in [1.165, 1.54) is 11.9 Å². The maximum atomic E-state index is 13.1. The van der Waals surface area contributed by atoms with Crippen molar-refractivity contribution in [3.8, 4) is 17.5 Å². The second-order valence-electron chi connectivity index (χ2n) is 7.43. The normalized spacial score (nSPS) is 19.4. The van der Waals surface area contributed by atoms with Crippen LogP contribution < -0.4 is 0 Å². The van der Waals surface area contributed by atoms with Crippen molar-refractivity contribution < 1.29 is 18.3 Å². The van der Waals surface area contributed by atoms with Crippen LogP contribution in [-0.4, -0.2) is 64.8 Å². The molecule has 1 aliphatic heterocycles. The lowest BCUT2D eigenvalue weighted by molar-refractivity contribution is 0.0581. The fraction of sp³-hybridized carbons (Fsp3) is 0.217. The average Bonchev–Trinajstić information content (AvgIpc) is 3.39. The molecule has 8 heteroatoms. The quantitative estimate of drug-likeness (QED) is 0.630. The number of aliphatic hydroxyl groups excluding tert-OH is 1. The molecule has 2 heterocycles. The summed E-state index contributed by atoms with van der Waals surface area (Å²) in [6, 6.07) is 15.6. The molecule has 4 rings (SSSR count). The summed E-state index contributed by atoms with van der Waals surface area (Å²) >= 11 is 0. The first-order valence-electron chi connectivity index (χ1n) is 9.71. The van der Waals surface area contributed by atoms with Crippen molar-refractivity contribution in [3.05, 3.63) is 83.7 Å². The fourth-order valence-corrected chi connectivity index (χ4v) is 5.42. The van der Waals surface area contributed by atoms with Crippen LogP contribution in [0.2, 0.25) is 0 Å². The van der Waals surface area contributed by atoms with E-state index in [1.54, 1.807) is 41.3 Å². The molecular formula is C23H21N3O4S. The molecule has 1 aliphatic rings. The first-order chi connectivity index (χ1) is 14.8.